The average Bonchev–Trinajstić information content (AvgIpc) is 2.44. The molecule has 0 aliphatic rings. The highest BCUT2D eigenvalue weighted by Gasteiger charge is 2.04. The Bertz CT molecular complexity index is 463. The third kappa shape index (κ3) is 0.768. The molecule has 0 radical (unpaired) electrons. The number of aromatic nitrogens is 3. The molecule has 2 rings (SSSR count). The molecule has 0 bridgehead atoms. The zero-order chi connectivity index (χ0) is 8.55. The molecule has 4 heteroatoms. The summed E-state index contributed by atoms with van der Waals surface area (Å²) in [7, 11) is 1.80. The van der Waals surface area contributed by atoms with E-state index in [9.17, 15) is 0 Å². The van der Waals surface area contributed by atoms with Crippen molar-refractivity contribution >= 4 is 11.0 Å². The first-order valence-corrected chi connectivity index (χ1v) is 3.49. The minimum atomic E-state index is 0.415. The third-order valence-corrected chi connectivity index (χ3v) is 1.78. The van der Waals surface area contributed by atoms with Crippen LogP contribution in [0.5, 0.6) is 0 Å². The van der Waals surface area contributed by atoms with Gasteiger partial charge in [-0.3, -0.25) is 4.98 Å². The average molecular weight is 158 g/mol. The van der Waals surface area contributed by atoms with Gasteiger partial charge in [-0.05, 0) is 6.07 Å². The lowest BCUT2D eigenvalue weighted by Gasteiger charge is -1.91. The van der Waals surface area contributed by atoms with Crippen molar-refractivity contribution in [1.29, 1.82) is 5.26 Å². The first kappa shape index (κ1) is 6.80. The van der Waals surface area contributed by atoms with Gasteiger partial charge in [-0.25, -0.2) is 4.98 Å². The third-order valence-electron chi connectivity index (χ3n) is 1.78. The van der Waals surface area contributed by atoms with Gasteiger partial charge in [-0.15, -0.1) is 0 Å². The largest absolute Gasteiger partial charge is 0.317 e. The van der Waals surface area contributed by atoms with E-state index in [0.29, 0.717) is 5.82 Å². The van der Waals surface area contributed by atoms with E-state index in [2.05, 4.69) is 9.97 Å². The van der Waals surface area contributed by atoms with Crippen molar-refractivity contribution in [3.05, 3.63) is 24.3 Å². The van der Waals surface area contributed by atoms with Crippen LogP contribution in [0.25, 0.3) is 11.0 Å². The van der Waals surface area contributed by atoms with Crippen LogP contribution >= 0.6 is 0 Å². The van der Waals surface area contributed by atoms with E-state index in [1.807, 2.05) is 6.07 Å². The van der Waals surface area contributed by atoms with E-state index in [1.54, 1.807) is 30.1 Å². The van der Waals surface area contributed by atoms with Crippen molar-refractivity contribution in [2.75, 3.05) is 0 Å². The van der Waals surface area contributed by atoms with Crippen LogP contribution in [0.3, 0.4) is 0 Å². The minimum Gasteiger partial charge on any atom is -0.317 e. The number of fused-ring (bicyclic) bond motifs is 1. The summed E-state index contributed by atoms with van der Waals surface area (Å²) < 4.78 is 1.72. The van der Waals surface area contributed by atoms with Crippen molar-refractivity contribution < 1.29 is 0 Å². The fourth-order valence-electron chi connectivity index (χ4n) is 1.13. The zero-order valence-electron chi connectivity index (χ0n) is 6.52. The van der Waals surface area contributed by atoms with Gasteiger partial charge in [-0.2, -0.15) is 5.26 Å². The molecule has 2 heterocycles. The molecular formula is C8H6N4. The van der Waals surface area contributed by atoms with E-state index in [4.69, 9.17) is 5.26 Å². The van der Waals surface area contributed by atoms with Crippen molar-refractivity contribution in [2.24, 2.45) is 7.05 Å². The van der Waals surface area contributed by atoms with Gasteiger partial charge in [-0.1, -0.05) is 0 Å². The van der Waals surface area contributed by atoms with E-state index in [1.165, 1.54) is 0 Å². The summed E-state index contributed by atoms with van der Waals surface area (Å²) in [6.45, 7) is 0. The Balaban J connectivity index is 2.90. The summed E-state index contributed by atoms with van der Waals surface area (Å²) in [5.41, 5.74) is 1.69. The standard InChI is InChI=1S/C8H6N4/c1-12-7-5-10-3-2-6(7)11-8(12)4-9/h2-3,5H,1H3. The summed E-state index contributed by atoms with van der Waals surface area (Å²) in [5.74, 6) is 0.415. The van der Waals surface area contributed by atoms with Gasteiger partial charge >= 0.3 is 0 Å². The monoisotopic (exact) mass is 158 g/mol. The molecule has 0 fully saturated rings. The molecule has 4 nitrogen and oxygen atoms in total. The maximum atomic E-state index is 8.67. The highest BCUT2D eigenvalue weighted by Crippen LogP contribution is 2.11. The molecule has 0 saturated heterocycles. The molecule has 0 spiro atoms. The van der Waals surface area contributed by atoms with Crippen molar-refractivity contribution in [3.63, 3.8) is 0 Å². The number of hydrogen-bond acceptors (Lipinski definition) is 3. The Hall–Kier alpha value is -1.89. The minimum absolute atomic E-state index is 0.415. The number of rotatable bonds is 0. The molecular weight excluding hydrogens is 152 g/mol. The Morgan fingerprint density at radius 3 is 3.08 bits per heavy atom. The lowest BCUT2D eigenvalue weighted by Crippen LogP contribution is -1.91. The maximum Gasteiger partial charge on any atom is 0.213 e. The molecule has 0 saturated carbocycles. The van der Waals surface area contributed by atoms with Crippen LogP contribution in [0.1, 0.15) is 5.82 Å². The Kier molecular flexibility index (Phi) is 1.31. The molecule has 0 N–H and O–H groups in total. The highest BCUT2D eigenvalue weighted by molar-refractivity contribution is 5.75. The van der Waals surface area contributed by atoms with Crippen LogP contribution in [-0.4, -0.2) is 14.5 Å². The smallest absolute Gasteiger partial charge is 0.213 e. The number of pyridine rings is 1. The van der Waals surface area contributed by atoms with Crippen LogP contribution in [-0.2, 0) is 7.05 Å². The lowest BCUT2D eigenvalue weighted by atomic mass is 10.4. The quantitative estimate of drug-likeness (QED) is 0.570. The van der Waals surface area contributed by atoms with Crippen molar-refractivity contribution in [1.82, 2.24) is 14.5 Å². The van der Waals surface area contributed by atoms with E-state index in [0.717, 1.165) is 11.0 Å². The first-order valence-electron chi connectivity index (χ1n) is 3.49. The predicted octanol–water partition coefficient (Wildman–Crippen LogP) is 0.840. The number of hydrogen-bond donors (Lipinski definition) is 0. The van der Waals surface area contributed by atoms with Gasteiger partial charge in [0.2, 0.25) is 5.82 Å². The molecule has 0 amide bonds. The van der Waals surface area contributed by atoms with Crippen LogP contribution in [0.2, 0.25) is 0 Å². The Morgan fingerprint density at radius 2 is 2.42 bits per heavy atom. The summed E-state index contributed by atoms with van der Waals surface area (Å²) in [5, 5.41) is 8.67. The van der Waals surface area contributed by atoms with E-state index < -0.39 is 0 Å². The molecule has 2 aromatic heterocycles. The summed E-state index contributed by atoms with van der Waals surface area (Å²) in [4.78, 5) is 8.04. The molecule has 0 aliphatic carbocycles. The molecule has 12 heavy (non-hydrogen) atoms. The summed E-state index contributed by atoms with van der Waals surface area (Å²) >= 11 is 0. The Morgan fingerprint density at radius 1 is 1.58 bits per heavy atom. The number of nitrogens with zero attached hydrogens (tertiary/aromatic N) is 4. The number of nitriles is 1. The second-order valence-corrected chi connectivity index (χ2v) is 2.47. The Labute approximate surface area is 69.1 Å². The van der Waals surface area contributed by atoms with Crippen LogP contribution in [0, 0.1) is 11.3 Å². The van der Waals surface area contributed by atoms with Gasteiger partial charge in [0.25, 0.3) is 0 Å². The number of aryl methyl sites for hydroxylation is 1. The zero-order valence-corrected chi connectivity index (χ0v) is 6.52. The van der Waals surface area contributed by atoms with E-state index >= 15 is 0 Å². The van der Waals surface area contributed by atoms with Gasteiger partial charge in [0, 0.05) is 13.2 Å². The normalized spacial score (nSPS) is 10.0. The highest BCUT2D eigenvalue weighted by atomic mass is 15.1. The maximum absolute atomic E-state index is 8.67. The molecule has 0 aliphatic heterocycles. The molecule has 0 aromatic carbocycles. The second kappa shape index (κ2) is 2.31. The van der Waals surface area contributed by atoms with Crippen molar-refractivity contribution in [2.45, 2.75) is 0 Å². The van der Waals surface area contributed by atoms with Gasteiger partial charge in [0.1, 0.15) is 6.07 Å². The summed E-state index contributed by atoms with van der Waals surface area (Å²) in [6, 6.07) is 3.80. The van der Waals surface area contributed by atoms with Crippen LogP contribution in [0.4, 0.5) is 0 Å². The van der Waals surface area contributed by atoms with Crippen LogP contribution < -0.4 is 0 Å². The first-order chi connectivity index (χ1) is 5.83. The van der Waals surface area contributed by atoms with Crippen LogP contribution in [0.15, 0.2) is 18.5 Å². The second-order valence-electron chi connectivity index (χ2n) is 2.47. The topological polar surface area (TPSA) is 54.5 Å². The van der Waals surface area contributed by atoms with E-state index in [-0.39, 0.29) is 0 Å². The molecule has 58 valence electrons. The summed E-state index contributed by atoms with van der Waals surface area (Å²) in [6.07, 6.45) is 3.36. The lowest BCUT2D eigenvalue weighted by molar-refractivity contribution is 0.918. The predicted molar refractivity (Wildman–Crippen MR) is 43.2 cm³/mol. The fourth-order valence-corrected chi connectivity index (χ4v) is 1.13. The van der Waals surface area contributed by atoms with Gasteiger partial charge < -0.3 is 4.57 Å². The molecule has 0 atom stereocenters. The molecule has 2 aromatic rings. The van der Waals surface area contributed by atoms with Gasteiger partial charge in [0.15, 0.2) is 0 Å². The van der Waals surface area contributed by atoms with Gasteiger partial charge in [0.05, 0.1) is 17.2 Å². The molecule has 0 unspecified atom stereocenters. The fraction of sp³-hybridized carbons (Fsp3) is 0.125. The van der Waals surface area contributed by atoms with Crippen molar-refractivity contribution in [3.8, 4) is 6.07 Å². The SMILES string of the molecule is Cn1c(C#N)nc2ccncc21. The number of imidazole rings is 1.